The average Bonchev–Trinajstić information content (AvgIpc) is 3.26. The lowest BCUT2D eigenvalue weighted by atomic mass is 9.76. The number of hydrogen-bond donors (Lipinski definition) is 2. The monoisotopic (exact) mass is 492 g/mol. The molecule has 1 aliphatic carbocycles. The molecule has 36 heavy (non-hydrogen) atoms. The highest BCUT2D eigenvalue weighted by molar-refractivity contribution is 6.03. The number of amides is 1. The Morgan fingerprint density at radius 2 is 1.94 bits per heavy atom. The van der Waals surface area contributed by atoms with Gasteiger partial charge in [0.15, 0.2) is 5.65 Å². The molecular formula is C26H26F2N6O2. The molecule has 4 aromatic rings. The molecular weight excluding hydrogens is 466 g/mol. The summed E-state index contributed by atoms with van der Waals surface area (Å²) in [5, 5.41) is 7.04. The quantitative estimate of drug-likeness (QED) is 0.423. The summed E-state index contributed by atoms with van der Waals surface area (Å²) >= 11 is 0. The molecule has 10 heteroatoms. The number of hydrogen-bond acceptors (Lipinski definition) is 6. The summed E-state index contributed by atoms with van der Waals surface area (Å²) in [5.74, 6) is -1.36. The van der Waals surface area contributed by atoms with Crippen molar-refractivity contribution in [3.8, 4) is 16.9 Å². The van der Waals surface area contributed by atoms with Crippen LogP contribution in [0.2, 0.25) is 0 Å². The van der Waals surface area contributed by atoms with Crippen molar-refractivity contribution >= 4 is 17.2 Å². The number of halogens is 2. The van der Waals surface area contributed by atoms with Crippen LogP contribution in [0, 0.1) is 17.6 Å². The maximum Gasteiger partial charge on any atom is 0.274 e. The molecule has 0 unspecified atom stereocenters. The van der Waals surface area contributed by atoms with E-state index in [-0.39, 0.29) is 40.2 Å². The molecule has 8 nitrogen and oxygen atoms in total. The summed E-state index contributed by atoms with van der Waals surface area (Å²) in [7, 11) is 1.33. The van der Waals surface area contributed by atoms with Gasteiger partial charge < -0.3 is 15.8 Å². The summed E-state index contributed by atoms with van der Waals surface area (Å²) < 4.78 is 35.7. The highest BCUT2D eigenvalue weighted by Crippen LogP contribution is 2.38. The molecule has 3 atom stereocenters. The summed E-state index contributed by atoms with van der Waals surface area (Å²) in [5.41, 5.74) is 7.87. The number of rotatable bonds is 5. The normalized spacial score (nSPS) is 19.9. The van der Waals surface area contributed by atoms with Gasteiger partial charge in [0.25, 0.3) is 5.91 Å². The van der Waals surface area contributed by atoms with E-state index in [2.05, 4.69) is 27.3 Å². The van der Waals surface area contributed by atoms with Gasteiger partial charge in [0.1, 0.15) is 23.1 Å². The fourth-order valence-electron chi connectivity index (χ4n) is 5.06. The van der Waals surface area contributed by atoms with Crippen LogP contribution < -0.4 is 15.8 Å². The van der Waals surface area contributed by atoms with Gasteiger partial charge >= 0.3 is 0 Å². The first-order valence-electron chi connectivity index (χ1n) is 11.7. The predicted molar refractivity (Wildman–Crippen MR) is 131 cm³/mol. The minimum atomic E-state index is -0.821. The molecule has 0 aliphatic heterocycles. The van der Waals surface area contributed by atoms with Crippen molar-refractivity contribution in [1.29, 1.82) is 0 Å². The number of pyridine rings is 1. The number of aromatic nitrogens is 4. The largest absolute Gasteiger partial charge is 0.497 e. The zero-order valence-corrected chi connectivity index (χ0v) is 19.9. The van der Waals surface area contributed by atoms with Gasteiger partial charge in [-0.1, -0.05) is 6.92 Å². The molecule has 0 radical (unpaired) electrons. The fraction of sp³-hybridized carbons (Fsp3) is 0.308. The van der Waals surface area contributed by atoms with Crippen LogP contribution in [-0.4, -0.2) is 38.6 Å². The van der Waals surface area contributed by atoms with Gasteiger partial charge in [0.05, 0.1) is 36.3 Å². The summed E-state index contributed by atoms with van der Waals surface area (Å²) in [6.45, 7) is 2.18. The maximum absolute atomic E-state index is 14.7. The Morgan fingerprint density at radius 1 is 1.17 bits per heavy atom. The third-order valence-electron chi connectivity index (χ3n) is 6.64. The molecule has 1 aliphatic rings. The number of nitrogens with zero attached hydrogens (tertiary/aromatic N) is 4. The molecule has 3 aromatic heterocycles. The second-order valence-electron chi connectivity index (χ2n) is 9.29. The number of anilines is 1. The Labute approximate surface area is 206 Å². The smallest absolute Gasteiger partial charge is 0.274 e. The number of methoxy groups -OCH3 is 1. The lowest BCUT2D eigenvalue weighted by Crippen LogP contribution is -2.31. The van der Waals surface area contributed by atoms with Gasteiger partial charge in [0, 0.05) is 30.6 Å². The molecule has 0 saturated heterocycles. The Bertz CT molecular complexity index is 1410. The van der Waals surface area contributed by atoms with E-state index in [0.29, 0.717) is 11.6 Å². The lowest BCUT2D eigenvalue weighted by molar-refractivity contribution is 0.102. The van der Waals surface area contributed by atoms with Gasteiger partial charge in [-0.05, 0) is 48.8 Å². The van der Waals surface area contributed by atoms with Crippen molar-refractivity contribution in [2.75, 3.05) is 12.4 Å². The Balaban J connectivity index is 1.47. The zero-order chi connectivity index (χ0) is 25.4. The number of benzene rings is 1. The molecule has 0 bridgehead atoms. The maximum atomic E-state index is 14.7. The first kappa shape index (κ1) is 23.8. The Kier molecular flexibility index (Phi) is 6.36. The molecule has 1 fully saturated rings. The van der Waals surface area contributed by atoms with Crippen LogP contribution in [0.3, 0.4) is 0 Å². The predicted octanol–water partition coefficient (Wildman–Crippen LogP) is 4.56. The van der Waals surface area contributed by atoms with Gasteiger partial charge in [-0.25, -0.2) is 18.3 Å². The molecule has 3 N–H and O–H groups in total. The number of fused-ring (bicyclic) bond motifs is 1. The van der Waals surface area contributed by atoms with Crippen molar-refractivity contribution in [2.45, 2.75) is 38.1 Å². The minimum absolute atomic E-state index is 0.0545. The molecule has 3 heterocycles. The molecule has 5 rings (SSSR count). The molecule has 1 aromatic carbocycles. The number of carbonyl (C=O) groups is 1. The van der Waals surface area contributed by atoms with Crippen LogP contribution in [-0.2, 0) is 0 Å². The van der Waals surface area contributed by atoms with Crippen LogP contribution in [0.25, 0.3) is 16.8 Å². The SMILES string of the molecule is COc1cc(F)c(-c2cnn3ccc(C(=O)Nc4cnccc4[C@@H]4C[C@H](C)C[C@H](N)C4)nc23)c(F)c1. The van der Waals surface area contributed by atoms with Gasteiger partial charge in [-0.2, -0.15) is 5.10 Å². The fourth-order valence-corrected chi connectivity index (χ4v) is 5.06. The number of nitrogens with one attached hydrogen (secondary N) is 1. The Hall–Kier alpha value is -3.92. The first-order chi connectivity index (χ1) is 17.3. The van der Waals surface area contributed by atoms with E-state index in [1.807, 2.05) is 6.07 Å². The van der Waals surface area contributed by atoms with Gasteiger partial charge in [-0.3, -0.25) is 9.78 Å². The molecule has 1 saturated carbocycles. The minimum Gasteiger partial charge on any atom is -0.497 e. The number of nitrogens with two attached hydrogens (primary N) is 1. The van der Waals surface area contributed by atoms with E-state index in [9.17, 15) is 13.6 Å². The lowest BCUT2D eigenvalue weighted by Gasteiger charge is -2.32. The van der Waals surface area contributed by atoms with E-state index < -0.39 is 17.5 Å². The first-order valence-corrected chi connectivity index (χ1v) is 11.7. The van der Waals surface area contributed by atoms with Crippen molar-refractivity contribution in [1.82, 2.24) is 19.6 Å². The van der Waals surface area contributed by atoms with Crippen molar-refractivity contribution < 1.29 is 18.3 Å². The third kappa shape index (κ3) is 4.51. The van der Waals surface area contributed by atoms with Crippen molar-refractivity contribution in [3.63, 3.8) is 0 Å². The van der Waals surface area contributed by atoms with Crippen LogP contribution in [0.5, 0.6) is 5.75 Å². The van der Waals surface area contributed by atoms with Gasteiger partial charge in [0.2, 0.25) is 0 Å². The van der Waals surface area contributed by atoms with Crippen LogP contribution in [0.15, 0.2) is 49.1 Å². The Morgan fingerprint density at radius 3 is 2.67 bits per heavy atom. The second-order valence-corrected chi connectivity index (χ2v) is 9.29. The van der Waals surface area contributed by atoms with E-state index in [1.165, 1.54) is 30.1 Å². The zero-order valence-electron chi connectivity index (χ0n) is 19.9. The highest BCUT2D eigenvalue weighted by Gasteiger charge is 2.28. The van der Waals surface area contributed by atoms with E-state index in [0.717, 1.165) is 37.0 Å². The highest BCUT2D eigenvalue weighted by atomic mass is 19.1. The van der Waals surface area contributed by atoms with E-state index in [4.69, 9.17) is 10.5 Å². The number of carbonyl (C=O) groups excluding carboxylic acids is 1. The van der Waals surface area contributed by atoms with E-state index in [1.54, 1.807) is 12.4 Å². The second kappa shape index (κ2) is 9.62. The standard InChI is InChI=1S/C26H26F2N6O2/c1-14-7-15(9-16(29)8-14)18-3-5-30-13-23(18)33-26(35)22-4-6-34-25(32-22)19(12-31-34)24-20(27)10-17(36-2)11-21(24)28/h3-6,10-16H,7-9,29H2,1-2H3,(H,33,35)/t14-,15+,16-/m0/s1. The molecule has 0 spiro atoms. The van der Waals surface area contributed by atoms with Crippen LogP contribution >= 0.6 is 0 Å². The topological polar surface area (TPSA) is 107 Å². The van der Waals surface area contributed by atoms with Crippen molar-refractivity contribution in [2.24, 2.45) is 11.7 Å². The summed E-state index contributed by atoms with van der Waals surface area (Å²) in [4.78, 5) is 21.8. The average molecular weight is 493 g/mol. The van der Waals surface area contributed by atoms with E-state index >= 15 is 0 Å². The van der Waals surface area contributed by atoms with Crippen LogP contribution in [0.4, 0.5) is 14.5 Å². The summed E-state index contributed by atoms with van der Waals surface area (Å²) in [6.07, 6.45) is 8.94. The molecule has 186 valence electrons. The number of ether oxygens (including phenoxy) is 1. The third-order valence-corrected chi connectivity index (χ3v) is 6.64. The van der Waals surface area contributed by atoms with Gasteiger partial charge in [-0.15, -0.1) is 0 Å². The van der Waals surface area contributed by atoms with Crippen molar-refractivity contribution in [3.05, 3.63) is 71.9 Å². The van der Waals surface area contributed by atoms with Crippen LogP contribution in [0.1, 0.15) is 48.2 Å². The summed E-state index contributed by atoms with van der Waals surface area (Å²) in [6, 6.07) is 5.68. The molecule has 1 amide bonds.